The van der Waals surface area contributed by atoms with Crippen molar-refractivity contribution in [1.29, 1.82) is 0 Å². The van der Waals surface area contributed by atoms with Crippen LogP contribution in [0.3, 0.4) is 0 Å². The van der Waals surface area contributed by atoms with E-state index in [1.165, 1.54) is 161 Å². The molecule has 0 saturated heterocycles. The average molecular weight is 1100 g/mol. The van der Waals surface area contributed by atoms with Crippen LogP contribution in [0.4, 0.5) is 0 Å². The fourth-order valence-corrected chi connectivity index (χ4v) is 9.30. The molecule has 0 saturated carbocycles. The van der Waals surface area contributed by atoms with Crippen molar-refractivity contribution in [3.8, 4) is 0 Å². The first-order chi connectivity index (χ1) is 39.0. The molecule has 0 bridgehead atoms. The first-order valence-electron chi connectivity index (χ1n) is 33.4. The molecular formula is C73H124O6. The van der Waals surface area contributed by atoms with Crippen LogP contribution in [0.25, 0.3) is 0 Å². The van der Waals surface area contributed by atoms with E-state index in [4.69, 9.17) is 14.2 Å². The summed E-state index contributed by atoms with van der Waals surface area (Å²) in [4.78, 5) is 38.3. The Kier molecular flexibility index (Phi) is 63.3. The third kappa shape index (κ3) is 64.8. The highest BCUT2D eigenvalue weighted by molar-refractivity contribution is 5.71. The van der Waals surface area contributed by atoms with Gasteiger partial charge in [0.2, 0.25) is 0 Å². The normalized spacial score (nSPS) is 12.8. The highest BCUT2D eigenvalue weighted by atomic mass is 16.6. The Morgan fingerprint density at radius 2 is 0.494 bits per heavy atom. The van der Waals surface area contributed by atoms with Crippen LogP contribution >= 0.6 is 0 Å². The lowest BCUT2D eigenvalue weighted by molar-refractivity contribution is -0.167. The lowest BCUT2D eigenvalue weighted by atomic mass is 10.0. The molecule has 1 unspecified atom stereocenters. The molecule has 0 aliphatic heterocycles. The zero-order valence-electron chi connectivity index (χ0n) is 51.9. The van der Waals surface area contributed by atoms with Crippen LogP contribution in [-0.2, 0) is 28.6 Å². The molecule has 0 amide bonds. The van der Waals surface area contributed by atoms with Crippen LogP contribution in [0.1, 0.15) is 316 Å². The van der Waals surface area contributed by atoms with Crippen LogP contribution < -0.4 is 0 Å². The number of allylic oxidation sites excluding steroid dienone is 18. The molecule has 0 aromatic heterocycles. The zero-order chi connectivity index (χ0) is 57.1. The van der Waals surface area contributed by atoms with E-state index < -0.39 is 6.10 Å². The van der Waals surface area contributed by atoms with Crippen LogP contribution in [0, 0.1) is 0 Å². The van der Waals surface area contributed by atoms with Crippen molar-refractivity contribution in [1.82, 2.24) is 0 Å². The number of carbonyl (C=O) groups is 3. The number of unbranched alkanes of at least 4 members (excludes halogenated alkanes) is 31. The molecule has 0 aliphatic carbocycles. The summed E-state index contributed by atoms with van der Waals surface area (Å²) in [5.41, 5.74) is 0. The molecule has 0 heterocycles. The summed E-state index contributed by atoms with van der Waals surface area (Å²) in [6.45, 7) is 6.41. The van der Waals surface area contributed by atoms with Gasteiger partial charge in [-0.15, -0.1) is 0 Å². The van der Waals surface area contributed by atoms with Crippen molar-refractivity contribution in [2.45, 2.75) is 322 Å². The van der Waals surface area contributed by atoms with E-state index in [0.717, 1.165) is 116 Å². The van der Waals surface area contributed by atoms with Crippen LogP contribution in [-0.4, -0.2) is 37.2 Å². The van der Waals surface area contributed by atoms with Crippen LogP contribution in [0.15, 0.2) is 109 Å². The number of rotatable bonds is 60. The molecule has 1 atom stereocenters. The minimum atomic E-state index is -0.793. The van der Waals surface area contributed by atoms with Crippen molar-refractivity contribution < 1.29 is 28.6 Å². The Bertz CT molecular complexity index is 1590. The Labute approximate surface area is 489 Å². The van der Waals surface area contributed by atoms with Crippen molar-refractivity contribution in [2.75, 3.05) is 13.2 Å². The standard InChI is InChI=1S/C73H124O6/c1-4-7-10-13-16-19-22-25-27-29-31-32-33-34-35-36-37-38-39-40-42-43-45-48-51-54-57-60-63-66-72(75)78-69-70(68-77-71(74)65-62-59-56-53-50-47-24-21-18-15-12-9-6-3)79-73(76)67-64-61-58-55-52-49-46-44-41-30-28-26-23-20-17-14-11-8-5-2/h7,9-10,12,16,18-19,21,25-28,31-32,34-35,47,50,70H,4-6,8,11,13-15,17,20,22-24,29-30,33,36-46,48-49,51-69H2,1-3H3/b10-7-,12-9-,19-16-,21-18-,27-25-,28-26-,32-31-,35-34-,50-47-. The van der Waals surface area contributed by atoms with Gasteiger partial charge in [0.05, 0.1) is 0 Å². The lowest BCUT2D eigenvalue weighted by Crippen LogP contribution is -2.30. The molecule has 0 aromatic carbocycles. The highest BCUT2D eigenvalue weighted by Crippen LogP contribution is 2.16. The van der Waals surface area contributed by atoms with Crippen LogP contribution in [0.5, 0.6) is 0 Å². The predicted molar refractivity (Wildman–Crippen MR) is 343 cm³/mol. The quantitative estimate of drug-likeness (QED) is 0.0261. The van der Waals surface area contributed by atoms with E-state index in [1.54, 1.807) is 0 Å². The Balaban J connectivity index is 4.28. The smallest absolute Gasteiger partial charge is 0.306 e. The van der Waals surface area contributed by atoms with Gasteiger partial charge in [-0.05, 0) is 122 Å². The minimum Gasteiger partial charge on any atom is -0.462 e. The monoisotopic (exact) mass is 1100 g/mol. The fraction of sp³-hybridized carbons (Fsp3) is 0.712. The Hall–Kier alpha value is -3.93. The maximum atomic E-state index is 12.9. The van der Waals surface area contributed by atoms with Gasteiger partial charge in [0.25, 0.3) is 0 Å². The maximum Gasteiger partial charge on any atom is 0.306 e. The van der Waals surface area contributed by atoms with Gasteiger partial charge >= 0.3 is 17.9 Å². The second kappa shape index (κ2) is 66.6. The Morgan fingerprint density at radius 1 is 0.266 bits per heavy atom. The first kappa shape index (κ1) is 75.1. The summed E-state index contributed by atoms with van der Waals surface area (Å²) >= 11 is 0. The summed E-state index contributed by atoms with van der Waals surface area (Å²) in [7, 11) is 0. The number of esters is 3. The van der Waals surface area contributed by atoms with Crippen molar-refractivity contribution in [3.05, 3.63) is 109 Å². The zero-order valence-corrected chi connectivity index (χ0v) is 51.9. The second-order valence-corrected chi connectivity index (χ2v) is 22.0. The molecule has 0 radical (unpaired) electrons. The van der Waals surface area contributed by atoms with Gasteiger partial charge in [-0.2, -0.15) is 0 Å². The summed E-state index contributed by atoms with van der Waals surface area (Å²) < 4.78 is 16.9. The second-order valence-electron chi connectivity index (χ2n) is 22.0. The molecule has 0 aliphatic rings. The van der Waals surface area contributed by atoms with Gasteiger partial charge in [-0.1, -0.05) is 284 Å². The fourth-order valence-electron chi connectivity index (χ4n) is 9.30. The number of hydrogen-bond acceptors (Lipinski definition) is 6. The molecule has 0 spiro atoms. The number of ether oxygens (including phenoxy) is 3. The number of hydrogen-bond donors (Lipinski definition) is 0. The SMILES string of the molecule is CC/C=C\C/C=C\C/C=C\C/C=C\C/C=C\CCCCCCCCCCCCCCCC(=O)OCC(COC(=O)CCCCC/C=C\C/C=C\C/C=C\CC)OC(=O)CCCCCCCCCCC/C=C\CCCCCCCC. The van der Waals surface area contributed by atoms with Gasteiger partial charge in [0, 0.05) is 19.3 Å². The van der Waals surface area contributed by atoms with E-state index >= 15 is 0 Å². The summed E-state index contributed by atoms with van der Waals surface area (Å²) in [6, 6.07) is 0. The largest absolute Gasteiger partial charge is 0.462 e. The van der Waals surface area contributed by atoms with Gasteiger partial charge < -0.3 is 14.2 Å². The van der Waals surface area contributed by atoms with Gasteiger partial charge in [0.15, 0.2) is 6.10 Å². The third-order valence-corrected chi connectivity index (χ3v) is 14.2. The molecular weight excluding hydrogens is 973 g/mol. The maximum absolute atomic E-state index is 12.9. The highest BCUT2D eigenvalue weighted by Gasteiger charge is 2.19. The average Bonchev–Trinajstić information content (AvgIpc) is 3.45. The molecule has 79 heavy (non-hydrogen) atoms. The molecule has 6 heteroatoms. The minimum absolute atomic E-state index is 0.0879. The Morgan fingerprint density at radius 3 is 0.797 bits per heavy atom. The van der Waals surface area contributed by atoms with Crippen molar-refractivity contribution >= 4 is 17.9 Å². The van der Waals surface area contributed by atoms with E-state index in [0.29, 0.717) is 19.3 Å². The van der Waals surface area contributed by atoms with Gasteiger partial charge in [-0.3, -0.25) is 14.4 Å². The van der Waals surface area contributed by atoms with E-state index in [9.17, 15) is 14.4 Å². The van der Waals surface area contributed by atoms with Crippen LogP contribution in [0.2, 0.25) is 0 Å². The molecule has 0 aromatic rings. The number of carbonyl (C=O) groups excluding carboxylic acids is 3. The van der Waals surface area contributed by atoms with E-state index in [1.807, 2.05) is 0 Å². The third-order valence-electron chi connectivity index (χ3n) is 14.2. The summed E-state index contributed by atoms with van der Waals surface area (Å²) in [5, 5.41) is 0. The van der Waals surface area contributed by atoms with E-state index in [-0.39, 0.29) is 31.1 Å². The summed E-state index contributed by atoms with van der Waals surface area (Å²) in [5.74, 6) is -0.912. The van der Waals surface area contributed by atoms with Crippen molar-refractivity contribution in [3.63, 3.8) is 0 Å². The van der Waals surface area contributed by atoms with E-state index in [2.05, 4.69) is 130 Å². The first-order valence-corrected chi connectivity index (χ1v) is 33.4. The lowest BCUT2D eigenvalue weighted by Gasteiger charge is -2.18. The molecule has 6 nitrogen and oxygen atoms in total. The van der Waals surface area contributed by atoms with Gasteiger partial charge in [0.1, 0.15) is 13.2 Å². The van der Waals surface area contributed by atoms with Gasteiger partial charge in [-0.25, -0.2) is 0 Å². The summed E-state index contributed by atoms with van der Waals surface area (Å²) in [6.07, 6.45) is 91.1. The molecule has 0 fully saturated rings. The molecule has 0 N–H and O–H groups in total. The van der Waals surface area contributed by atoms with Crippen molar-refractivity contribution in [2.24, 2.45) is 0 Å². The molecule has 0 rings (SSSR count). The topological polar surface area (TPSA) is 78.9 Å². The predicted octanol–water partition coefficient (Wildman–Crippen LogP) is 23.0. The molecule has 452 valence electrons.